The zero-order valence-corrected chi connectivity index (χ0v) is 12.3. The lowest BCUT2D eigenvalue weighted by atomic mass is 10.1. The van der Waals surface area contributed by atoms with Crippen LogP contribution in [0.4, 0.5) is 0 Å². The lowest BCUT2D eigenvalue weighted by Crippen LogP contribution is -1.92. The molecule has 0 saturated carbocycles. The summed E-state index contributed by atoms with van der Waals surface area (Å²) in [5.41, 5.74) is 1.73. The van der Waals surface area contributed by atoms with Gasteiger partial charge in [0.2, 0.25) is 0 Å². The summed E-state index contributed by atoms with van der Waals surface area (Å²) in [4.78, 5) is 15.1. The van der Waals surface area contributed by atoms with Crippen molar-refractivity contribution in [1.29, 1.82) is 0 Å². The Balaban J connectivity index is 0.00000172. The van der Waals surface area contributed by atoms with Gasteiger partial charge in [0.05, 0.1) is 5.70 Å². The molecule has 20 heavy (non-hydrogen) atoms. The molecular formula is C17H21NO2. The number of hydrogen-bond donors (Lipinski definition) is 1. The fraction of sp³-hybridized carbons (Fsp3) is 0.176. The van der Waals surface area contributed by atoms with E-state index in [9.17, 15) is 9.90 Å². The third-order valence-electron chi connectivity index (χ3n) is 2.26. The number of aliphatic hydroxyl groups is 1. The molecule has 3 nitrogen and oxygen atoms in total. The van der Waals surface area contributed by atoms with Gasteiger partial charge in [0.25, 0.3) is 0 Å². The lowest BCUT2D eigenvalue weighted by molar-refractivity contribution is 0.101. The number of benzene rings is 1. The number of aliphatic imine (C=N–C) groups is 1. The number of carbonyl (C=O) groups excluding carboxylic acids is 1. The predicted octanol–water partition coefficient (Wildman–Crippen LogP) is 4.48. The van der Waals surface area contributed by atoms with E-state index in [0.717, 1.165) is 5.56 Å². The summed E-state index contributed by atoms with van der Waals surface area (Å²) in [5, 5.41) is 9.44. The molecule has 0 amide bonds. The molecular weight excluding hydrogens is 250 g/mol. The largest absolute Gasteiger partial charge is 0.506 e. The minimum absolute atomic E-state index is 0.0226. The molecule has 0 atom stereocenters. The van der Waals surface area contributed by atoms with Crippen LogP contribution < -0.4 is 0 Å². The highest BCUT2D eigenvalue weighted by molar-refractivity contribution is 5.94. The van der Waals surface area contributed by atoms with Crippen molar-refractivity contribution in [3.05, 3.63) is 72.2 Å². The van der Waals surface area contributed by atoms with E-state index in [0.29, 0.717) is 5.56 Å². The summed E-state index contributed by atoms with van der Waals surface area (Å²) in [6.07, 6.45) is 4.44. The molecule has 1 aromatic carbocycles. The van der Waals surface area contributed by atoms with Crippen molar-refractivity contribution in [3.63, 3.8) is 0 Å². The maximum absolute atomic E-state index is 11.1. The Morgan fingerprint density at radius 1 is 1.25 bits per heavy atom. The average molecular weight is 271 g/mol. The maximum atomic E-state index is 11.1. The molecule has 0 bridgehead atoms. The molecule has 1 rings (SSSR count). The van der Waals surface area contributed by atoms with Crippen LogP contribution in [-0.4, -0.2) is 17.1 Å². The van der Waals surface area contributed by atoms with Gasteiger partial charge < -0.3 is 5.11 Å². The van der Waals surface area contributed by atoms with E-state index in [2.05, 4.69) is 18.2 Å². The van der Waals surface area contributed by atoms with E-state index in [-0.39, 0.29) is 17.2 Å². The third kappa shape index (κ3) is 5.96. The minimum atomic E-state index is -0.0263. The summed E-state index contributed by atoms with van der Waals surface area (Å²) in [7, 11) is 0. The zero-order chi connectivity index (χ0) is 15.5. The number of rotatable bonds is 5. The van der Waals surface area contributed by atoms with Crippen molar-refractivity contribution in [2.75, 3.05) is 0 Å². The first-order valence-electron chi connectivity index (χ1n) is 6.40. The monoisotopic (exact) mass is 271 g/mol. The van der Waals surface area contributed by atoms with Crippen LogP contribution in [0.15, 0.2) is 66.0 Å². The average Bonchev–Trinajstić information content (AvgIpc) is 2.47. The molecule has 0 saturated heterocycles. The third-order valence-corrected chi connectivity index (χ3v) is 2.26. The number of hydrogen-bond acceptors (Lipinski definition) is 3. The topological polar surface area (TPSA) is 49.7 Å². The summed E-state index contributed by atoms with van der Waals surface area (Å²) in [5.74, 6) is -0.00364. The van der Waals surface area contributed by atoms with Crippen LogP contribution >= 0.6 is 0 Å². The second kappa shape index (κ2) is 9.50. The summed E-state index contributed by atoms with van der Waals surface area (Å²) < 4.78 is 0. The molecule has 0 spiro atoms. The zero-order valence-electron chi connectivity index (χ0n) is 12.3. The molecule has 0 heterocycles. The van der Waals surface area contributed by atoms with Gasteiger partial charge in [0, 0.05) is 11.8 Å². The van der Waals surface area contributed by atoms with Gasteiger partial charge in [-0.05, 0) is 18.6 Å². The fourth-order valence-corrected chi connectivity index (χ4v) is 1.23. The van der Waals surface area contributed by atoms with Crippen LogP contribution in [0.2, 0.25) is 0 Å². The molecule has 0 fully saturated rings. The normalized spacial score (nSPS) is 10.7. The second-order valence-electron chi connectivity index (χ2n) is 3.67. The summed E-state index contributed by atoms with van der Waals surface area (Å²) in [6.45, 7) is 12.6. The van der Waals surface area contributed by atoms with Crippen LogP contribution in [0.3, 0.4) is 0 Å². The van der Waals surface area contributed by atoms with Gasteiger partial charge in [-0.1, -0.05) is 57.3 Å². The molecule has 0 aromatic heterocycles. The van der Waals surface area contributed by atoms with Crippen molar-refractivity contribution in [3.8, 4) is 0 Å². The number of ketones is 1. The summed E-state index contributed by atoms with van der Waals surface area (Å²) >= 11 is 0. The Morgan fingerprint density at radius 2 is 1.80 bits per heavy atom. The Kier molecular flexibility index (Phi) is 8.35. The Hall–Kier alpha value is -2.42. The lowest BCUT2D eigenvalue weighted by Gasteiger charge is -1.98. The second-order valence-corrected chi connectivity index (χ2v) is 3.67. The van der Waals surface area contributed by atoms with Gasteiger partial charge in [-0.25, -0.2) is 0 Å². The standard InChI is InChI=1S/C15H15NO2.C2H6/c1-4-5-15(18)11(2)16-10-13-6-8-14(9-7-13)12(3)17;1-2/h4-10,18H,1-2H2,3H3;1-2H3/b15-5+,16-10?;. The molecule has 0 unspecified atom stereocenters. The van der Waals surface area contributed by atoms with E-state index in [4.69, 9.17) is 0 Å². The van der Waals surface area contributed by atoms with Gasteiger partial charge >= 0.3 is 0 Å². The van der Waals surface area contributed by atoms with E-state index < -0.39 is 0 Å². The van der Waals surface area contributed by atoms with Crippen LogP contribution in [0.1, 0.15) is 36.7 Å². The van der Waals surface area contributed by atoms with Gasteiger partial charge in [-0.15, -0.1) is 0 Å². The molecule has 3 heteroatoms. The van der Waals surface area contributed by atoms with Crippen LogP contribution in [-0.2, 0) is 0 Å². The molecule has 1 aromatic rings. The SMILES string of the molecule is C=C/C=C(/O)C(=C)N=Cc1ccc(C(C)=O)cc1.CC. The Bertz CT molecular complexity index is 522. The number of Topliss-reactive ketones (excluding diaryl/α,β-unsaturated/α-hetero) is 1. The highest BCUT2D eigenvalue weighted by Crippen LogP contribution is 2.07. The molecule has 0 aliphatic heterocycles. The first-order valence-corrected chi connectivity index (χ1v) is 6.40. The predicted molar refractivity (Wildman–Crippen MR) is 85.4 cm³/mol. The first kappa shape index (κ1) is 17.6. The molecule has 0 aliphatic carbocycles. The quantitative estimate of drug-likeness (QED) is 0.371. The van der Waals surface area contributed by atoms with Crippen LogP contribution in [0, 0.1) is 0 Å². The van der Waals surface area contributed by atoms with Crippen LogP contribution in [0.5, 0.6) is 0 Å². The van der Waals surface area contributed by atoms with E-state index in [1.807, 2.05) is 13.8 Å². The van der Waals surface area contributed by atoms with Gasteiger partial charge in [-0.3, -0.25) is 9.79 Å². The number of carbonyl (C=O) groups is 1. The maximum Gasteiger partial charge on any atom is 0.159 e. The Labute approximate surface area is 120 Å². The highest BCUT2D eigenvalue weighted by atomic mass is 16.3. The first-order chi connectivity index (χ1) is 9.54. The molecule has 1 N–H and O–H groups in total. The van der Waals surface area contributed by atoms with E-state index in [1.54, 1.807) is 30.5 Å². The molecule has 0 aliphatic rings. The summed E-state index contributed by atoms with van der Waals surface area (Å²) in [6, 6.07) is 7.02. The fourth-order valence-electron chi connectivity index (χ4n) is 1.23. The Morgan fingerprint density at radius 3 is 2.25 bits per heavy atom. The van der Waals surface area contributed by atoms with Crippen molar-refractivity contribution >= 4 is 12.0 Å². The molecule has 106 valence electrons. The van der Waals surface area contributed by atoms with E-state index >= 15 is 0 Å². The minimum Gasteiger partial charge on any atom is -0.506 e. The van der Waals surface area contributed by atoms with Crippen molar-refractivity contribution in [1.82, 2.24) is 0 Å². The van der Waals surface area contributed by atoms with Gasteiger partial charge in [0.1, 0.15) is 5.76 Å². The van der Waals surface area contributed by atoms with Crippen molar-refractivity contribution in [2.24, 2.45) is 4.99 Å². The van der Waals surface area contributed by atoms with E-state index in [1.165, 1.54) is 19.1 Å². The molecule has 0 radical (unpaired) electrons. The number of nitrogens with zero attached hydrogens (tertiary/aromatic N) is 1. The highest BCUT2D eigenvalue weighted by Gasteiger charge is 1.98. The van der Waals surface area contributed by atoms with Crippen LogP contribution in [0.25, 0.3) is 0 Å². The van der Waals surface area contributed by atoms with Crippen molar-refractivity contribution < 1.29 is 9.90 Å². The number of allylic oxidation sites excluding steroid dienone is 2. The number of aliphatic hydroxyl groups excluding tert-OH is 1. The van der Waals surface area contributed by atoms with Crippen molar-refractivity contribution in [2.45, 2.75) is 20.8 Å². The van der Waals surface area contributed by atoms with Gasteiger partial charge in [0.15, 0.2) is 5.78 Å². The smallest absolute Gasteiger partial charge is 0.159 e. The van der Waals surface area contributed by atoms with Gasteiger partial charge in [-0.2, -0.15) is 0 Å².